The van der Waals surface area contributed by atoms with Crippen molar-refractivity contribution in [3.8, 4) is 23.3 Å². The molecule has 0 aromatic heterocycles. The number of hydrogen-bond donors (Lipinski definition) is 4. The molecule has 6 heteroatoms. The van der Waals surface area contributed by atoms with Crippen LogP contribution in [0.5, 0.6) is 17.2 Å². The minimum atomic E-state index is -0.488. The van der Waals surface area contributed by atoms with Crippen LogP contribution in [0.25, 0.3) is 6.08 Å². The number of amides is 1. The first-order chi connectivity index (χ1) is 13.5. The quantitative estimate of drug-likeness (QED) is 0.363. The molecule has 1 aliphatic carbocycles. The maximum atomic E-state index is 12.4. The predicted molar refractivity (Wildman–Crippen MR) is 105 cm³/mol. The minimum Gasteiger partial charge on any atom is -0.508 e. The van der Waals surface area contributed by atoms with Crippen molar-refractivity contribution in [2.75, 3.05) is 6.54 Å². The topological polar surface area (TPSA) is 114 Å². The van der Waals surface area contributed by atoms with E-state index in [1.54, 1.807) is 24.3 Å². The molecule has 0 unspecified atom stereocenters. The summed E-state index contributed by atoms with van der Waals surface area (Å²) in [4.78, 5) is 12.4. The Hall–Kier alpha value is -3.46. The summed E-state index contributed by atoms with van der Waals surface area (Å²) in [6, 6.07) is 10.0. The van der Waals surface area contributed by atoms with Crippen molar-refractivity contribution in [1.29, 1.82) is 5.26 Å². The molecule has 0 atom stereocenters. The van der Waals surface area contributed by atoms with Crippen molar-refractivity contribution in [1.82, 2.24) is 5.32 Å². The van der Waals surface area contributed by atoms with E-state index in [1.807, 2.05) is 6.07 Å². The van der Waals surface area contributed by atoms with E-state index in [0.29, 0.717) is 30.5 Å². The van der Waals surface area contributed by atoms with Gasteiger partial charge >= 0.3 is 0 Å². The molecule has 0 fully saturated rings. The molecule has 2 aromatic carbocycles. The molecule has 4 N–H and O–H groups in total. The van der Waals surface area contributed by atoms with Crippen LogP contribution >= 0.6 is 0 Å². The van der Waals surface area contributed by atoms with Crippen LogP contribution in [-0.2, 0) is 24.1 Å². The molecule has 6 nitrogen and oxygen atoms in total. The molecule has 0 spiro atoms. The average Bonchev–Trinajstić information content (AvgIpc) is 2.71. The number of aromatic hydroxyl groups is 3. The Morgan fingerprint density at radius 3 is 2.46 bits per heavy atom. The molecule has 0 bridgehead atoms. The Kier molecular flexibility index (Phi) is 5.85. The summed E-state index contributed by atoms with van der Waals surface area (Å²) in [5, 5.41) is 41.5. The molecule has 3 rings (SSSR count). The van der Waals surface area contributed by atoms with Crippen LogP contribution in [0.2, 0.25) is 0 Å². The average molecular weight is 378 g/mol. The summed E-state index contributed by atoms with van der Waals surface area (Å²) in [7, 11) is 0. The number of benzene rings is 2. The zero-order valence-electron chi connectivity index (χ0n) is 15.4. The number of fused-ring (bicyclic) bond motifs is 1. The molecule has 0 aliphatic heterocycles. The molecular formula is C22H22N2O4. The number of nitrogens with zero attached hydrogens (tertiary/aromatic N) is 1. The lowest BCUT2D eigenvalue weighted by Gasteiger charge is -2.20. The lowest BCUT2D eigenvalue weighted by molar-refractivity contribution is -0.117. The van der Waals surface area contributed by atoms with E-state index in [2.05, 4.69) is 5.32 Å². The number of carbonyl (C=O) groups is 1. The molecule has 28 heavy (non-hydrogen) atoms. The van der Waals surface area contributed by atoms with Gasteiger partial charge in [0, 0.05) is 12.1 Å². The number of nitrogens with one attached hydrogen (secondary N) is 1. The van der Waals surface area contributed by atoms with Gasteiger partial charge in [-0.25, -0.2) is 0 Å². The Labute approximate surface area is 163 Å². The SMILES string of the molecule is N#CC(=Cc1cc(O)c(O)c2c1CCCC2)C(=O)NCCc1ccc(O)cc1. The van der Waals surface area contributed by atoms with Crippen LogP contribution in [0.4, 0.5) is 0 Å². The van der Waals surface area contributed by atoms with Gasteiger partial charge < -0.3 is 20.6 Å². The molecule has 1 aliphatic rings. The second-order valence-electron chi connectivity index (χ2n) is 6.84. The standard InChI is InChI=1S/C22H22N2O4/c23-13-16(22(28)24-10-9-14-5-7-17(25)8-6-14)11-15-12-20(26)21(27)19-4-2-1-3-18(15)19/h5-8,11-12,25-27H,1-4,9-10H2,(H,24,28). The highest BCUT2D eigenvalue weighted by Crippen LogP contribution is 2.39. The van der Waals surface area contributed by atoms with E-state index in [-0.39, 0.29) is 22.8 Å². The van der Waals surface area contributed by atoms with Crippen molar-refractivity contribution in [2.24, 2.45) is 0 Å². The molecule has 0 saturated heterocycles. The summed E-state index contributed by atoms with van der Waals surface area (Å²) >= 11 is 0. The van der Waals surface area contributed by atoms with Gasteiger partial charge in [-0.1, -0.05) is 12.1 Å². The Morgan fingerprint density at radius 2 is 1.79 bits per heavy atom. The largest absolute Gasteiger partial charge is 0.508 e. The van der Waals surface area contributed by atoms with Gasteiger partial charge in [-0.15, -0.1) is 0 Å². The Bertz CT molecular complexity index is 956. The summed E-state index contributed by atoms with van der Waals surface area (Å²) in [5.74, 6) is -0.651. The summed E-state index contributed by atoms with van der Waals surface area (Å²) < 4.78 is 0. The highest BCUT2D eigenvalue weighted by molar-refractivity contribution is 6.02. The maximum Gasteiger partial charge on any atom is 0.261 e. The first-order valence-electron chi connectivity index (χ1n) is 9.24. The van der Waals surface area contributed by atoms with Crippen molar-refractivity contribution in [2.45, 2.75) is 32.1 Å². The second kappa shape index (κ2) is 8.49. The second-order valence-corrected chi connectivity index (χ2v) is 6.84. The number of phenolic OH excluding ortho intramolecular Hbond substituents is 3. The molecule has 0 saturated carbocycles. The van der Waals surface area contributed by atoms with Crippen molar-refractivity contribution < 1.29 is 20.1 Å². The predicted octanol–water partition coefficient (Wildman–Crippen LogP) is 2.95. The van der Waals surface area contributed by atoms with Crippen LogP contribution in [0.15, 0.2) is 35.9 Å². The van der Waals surface area contributed by atoms with Gasteiger partial charge in [-0.3, -0.25) is 4.79 Å². The van der Waals surface area contributed by atoms with Crippen LogP contribution in [0, 0.1) is 11.3 Å². The molecule has 144 valence electrons. The van der Waals surface area contributed by atoms with Gasteiger partial charge in [0.15, 0.2) is 11.5 Å². The first kappa shape index (κ1) is 19.3. The molecule has 0 heterocycles. The molecule has 2 aromatic rings. The lowest BCUT2D eigenvalue weighted by atomic mass is 9.86. The number of nitriles is 1. The molecular weight excluding hydrogens is 356 g/mol. The third-order valence-corrected chi connectivity index (χ3v) is 4.94. The number of phenols is 3. The maximum absolute atomic E-state index is 12.4. The van der Waals surface area contributed by atoms with Gasteiger partial charge in [0.05, 0.1) is 0 Å². The van der Waals surface area contributed by atoms with Gasteiger partial charge in [-0.2, -0.15) is 5.26 Å². The lowest BCUT2D eigenvalue weighted by Crippen LogP contribution is -2.26. The fourth-order valence-corrected chi connectivity index (χ4v) is 3.45. The first-order valence-corrected chi connectivity index (χ1v) is 9.24. The van der Waals surface area contributed by atoms with Gasteiger partial charge in [0.25, 0.3) is 5.91 Å². The highest BCUT2D eigenvalue weighted by atomic mass is 16.3. The van der Waals surface area contributed by atoms with Crippen LogP contribution < -0.4 is 5.32 Å². The summed E-state index contributed by atoms with van der Waals surface area (Å²) in [6.45, 7) is 0.349. The number of hydrogen-bond acceptors (Lipinski definition) is 5. The van der Waals surface area contributed by atoms with Crippen LogP contribution in [0.1, 0.15) is 35.1 Å². The fourth-order valence-electron chi connectivity index (χ4n) is 3.45. The van der Waals surface area contributed by atoms with Crippen molar-refractivity contribution in [3.05, 3.63) is 58.2 Å². The zero-order chi connectivity index (χ0) is 20.1. The Morgan fingerprint density at radius 1 is 1.11 bits per heavy atom. The smallest absolute Gasteiger partial charge is 0.261 e. The van der Waals surface area contributed by atoms with E-state index in [4.69, 9.17) is 0 Å². The third kappa shape index (κ3) is 4.26. The normalized spacial score (nSPS) is 13.5. The monoisotopic (exact) mass is 378 g/mol. The van der Waals surface area contributed by atoms with E-state index >= 15 is 0 Å². The number of rotatable bonds is 5. The van der Waals surface area contributed by atoms with E-state index in [9.17, 15) is 25.4 Å². The van der Waals surface area contributed by atoms with E-state index in [0.717, 1.165) is 30.4 Å². The van der Waals surface area contributed by atoms with E-state index in [1.165, 1.54) is 12.1 Å². The molecule has 0 radical (unpaired) electrons. The molecule has 1 amide bonds. The minimum absolute atomic E-state index is 0.0523. The highest BCUT2D eigenvalue weighted by Gasteiger charge is 2.20. The zero-order valence-corrected chi connectivity index (χ0v) is 15.4. The van der Waals surface area contributed by atoms with Gasteiger partial charge in [0.2, 0.25) is 0 Å². The van der Waals surface area contributed by atoms with Crippen molar-refractivity contribution >= 4 is 12.0 Å². The fraction of sp³-hybridized carbons (Fsp3) is 0.273. The van der Waals surface area contributed by atoms with Gasteiger partial charge in [0.1, 0.15) is 17.4 Å². The Balaban J connectivity index is 1.75. The van der Waals surface area contributed by atoms with E-state index < -0.39 is 5.91 Å². The van der Waals surface area contributed by atoms with Gasteiger partial charge in [-0.05, 0) is 73.1 Å². The van der Waals surface area contributed by atoms with Crippen LogP contribution in [0.3, 0.4) is 0 Å². The number of carbonyl (C=O) groups excluding carboxylic acids is 1. The summed E-state index contributed by atoms with van der Waals surface area (Å²) in [5.41, 5.74) is 3.07. The third-order valence-electron chi connectivity index (χ3n) is 4.94. The summed E-state index contributed by atoms with van der Waals surface area (Å²) in [6.07, 6.45) is 5.32. The van der Waals surface area contributed by atoms with Crippen molar-refractivity contribution in [3.63, 3.8) is 0 Å². The van der Waals surface area contributed by atoms with Crippen LogP contribution in [-0.4, -0.2) is 27.8 Å².